The molecule has 4 rings (SSSR count). The normalized spacial score (nSPS) is 15.1. The van der Waals surface area contributed by atoms with Crippen LogP contribution in [0, 0.1) is 0 Å². The van der Waals surface area contributed by atoms with Crippen molar-refractivity contribution < 1.29 is 22.7 Å². The van der Waals surface area contributed by atoms with Gasteiger partial charge in [-0.2, -0.15) is 0 Å². The maximum atomic E-state index is 13.0. The summed E-state index contributed by atoms with van der Waals surface area (Å²) in [7, 11) is -2.43. The standard InChI is InChI=1S/C25H24N2O5S/c1-18-15-19-9-6-7-14-23(19)27(18)24(28)17-32-25(29)20-10-8-13-22(16-20)33(30,31)26(2)21-11-4-3-5-12-21/h3-14,16,18H,15,17H2,1-2H3/t18-/m0/s1. The Bertz CT molecular complexity index is 1290. The van der Waals surface area contributed by atoms with Crippen LogP contribution in [0.3, 0.4) is 0 Å². The van der Waals surface area contributed by atoms with Gasteiger partial charge in [-0.05, 0) is 55.3 Å². The van der Waals surface area contributed by atoms with Gasteiger partial charge in [0.1, 0.15) is 0 Å². The van der Waals surface area contributed by atoms with Gasteiger partial charge in [0, 0.05) is 18.8 Å². The number of fused-ring (bicyclic) bond motifs is 1. The molecule has 0 unspecified atom stereocenters. The van der Waals surface area contributed by atoms with Gasteiger partial charge in [-0.3, -0.25) is 9.10 Å². The smallest absolute Gasteiger partial charge is 0.338 e. The average molecular weight is 465 g/mol. The SMILES string of the molecule is C[C@H]1Cc2ccccc2N1C(=O)COC(=O)c1cccc(S(=O)(=O)N(C)c2ccccc2)c1. The van der Waals surface area contributed by atoms with Crippen molar-refractivity contribution in [1.82, 2.24) is 0 Å². The summed E-state index contributed by atoms with van der Waals surface area (Å²) >= 11 is 0. The number of hydrogen-bond donors (Lipinski definition) is 0. The Morgan fingerprint density at radius 2 is 1.70 bits per heavy atom. The molecule has 0 N–H and O–H groups in total. The van der Waals surface area contributed by atoms with Crippen LogP contribution in [0.1, 0.15) is 22.8 Å². The number of hydrogen-bond acceptors (Lipinski definition) is 5. The lowest BCUT2D eigenvalue weighted by Gasteiger charge is -2.22. The molecule has 1 aliphatic heterocycles. The van der Waals surface area contributed by atoms with Gasteiger partial charge in [0.05, 0.1) is 16.1 Å². The minimum absolute atomic E-state index is 0.0319. The van der Waals surface area contributed by atoms with E-state index in [1.807, 2.05) is 31.2 Å². The fourth-order valence-electron chi connectivity index (χ4n) is 3.94. The lowest BCUT2D eigenvalue weighted by Crippen LogP contribution is -2.38. The molecule has 3 aromatic carbocycles. The average Bonchev–Trinajstić information content (AvgIpc) is 3.18. The van der Waals surface area contributed by atoms with Crippen molar-refractivity contribution in [3.63, 3.8) is 0 Å². The fourth-order valence-corrected chi connectivity index (χ4v) is 5.19. The highest BCUT2D eigenvalue weighted by Gasteiger charge is 2.31. The first-order valence-electron chi connectivity index (χ1n) is 10.5. The Kier molecular flexibility index (Phi) is 6.20. The molecule has 0 radical (unpaired) electrons. The van der Waals surface area contributed by atoms with E-state index < -0.39 is 22.6 Å². The van der Waals surface area contributed by atoms with Gasteiger partial charge in [-0.25, -0.2) is 13.2 Å². The molecule has 170 valence electrons. The molecule has 7 nitrogen and oxygen atoms in total. The van der Waals surface area contributed by atoms with Crippen LogP contribution >= 0.6 is 0 Å². The second-order valence-corrected chi connectivity index (χ2v) is 9.83. The Balaban J connectivity index is 1.47. The molecule has 0 bridgehead atoms. The predicted octanol–water partition coefficient (Wildman–Crippen LogP) is 3.65. The van der Waals surface area contributed by atoms with Gasteiger partial charge in [0.25, 0.3) is 15.9 Å². The maximum absolute atomic E-state index is 13.0. The summed E-state index contributed by atoms with van der Waals surface area (Å²) in [6, 6.07) is 21.9. The van der Waals surface area contributed by atoms with E-state index in [1.54, 1.807) is 35.2 Å². The fraction of sp³-hybridized carbons (Fsp3) is 0.200. The van der Waals surface area contributed by atoms with E-state index in [-0.39, 0.29) is 22.4 Å². The number of anilines is 2. The van der Waals surface area contributed by atoms with E-state index in [0.717, 1.165) is 22.0 Å². The summed E-state index contributed by atoms with van der Waals surface area (Å²) in [6.45, 7) is 1.51. The lowest BCUT2D eigenvalue weighted by molar-refractivity contribution is -0.122. The molecular weight excluding hydrogens is 440 g/mol. The molecule has 1 aliphatic rings. The largest absolute Gasteiger partial charge is 0.452 e. The quantitative estimate of drug-likeness (QED) is 0.520. The zero-order valence-electron chi connectivity index (χ0n) is 18.3. The molecule has 8 heteroatoms. The van der Waals surface area contributed by atoms with E-state index in [1.165, 1.54) is 31.3 Å². The highest BCUT2D eigenvalue weighted by molar-refractivity contribution is 7.92. The zero-order chi connectivity index (χ0) is 23.6. The molecule has 1 amide bonds. The molecule has 0 saturated carbocycles. The summed E-state index contributed by atoms with van der Waals surface area (Å²) in [5.41, 5.74) is 2.45. The lowest BCUT2D eigenvalue weighted by atomic mass is 10.1. The highest BCUT2D eigenvalue weighted by Crippen LogP contribution is 2.31. The Hall–Kier alpha value is -3.65. The van der Waals surface area contributed by atoms with Crippen molar-refractivity contribution in [3.05, 3.63) is 90.0 Å². The number of nitrogens with zero attached hydrogens (tertiary/aromatic N) is 2. The molecule has 33 heavy (non-hydrogen) atoms. The zero-order valence-corrected chi connectivity index (χ0v) is 19.2. The van der Waals surface area contributed by atoms with Crippen LogP contribution in [-0.2, 0) is 26.0 Å². The third-order valence-electron chi connectivity index (χ3n) is 5.65. The van der Waals surface area contributed by atoms with Crippen molar-refractivity contribution in [2.45, 2.75) is 24.3 Å². The molecule has 0 fully saturated rings. The van der Waals surface area contributed by atoms with Crippen LogP contribution in [-0.4, -0.2) is 40.0 Å². The Morgan fingerprint density at radius 3 is 2.45 bits per heavy atom. The van der Waals surface area contributed by atoms with E-state index in [0.29, 0.717) is 5.69 Å². The number of carbonyl (C=O) groups excluding carboxylic acids is 2. The van der Waals surface area contributed by atoms with Gasteiger partial charge < -0.3 is 9.64 Å². The van der Waals surface area contributed by atoms with Crippen LogP contribution < -0.4 is 9.21 Å². The maximum Gasteiger partial charge on any atom is 0.338 e. The number of carbonyl (C=O) groups is 2. The third-order valence-corrected chi connectivity index (χ3v) is 7.43. The van der Waals surface area contributed by atoms with Crippen molar-refractivity contribution in [2.75, 3.05) is 22.9 Å². The number of ether oxygens (including phenoxy) is 1. The number of esters is 1. The van der Waals surface area contributed by atoms with Gasteiger partial charge in [-0.1, -0.05) is 42.5 Å². The number of sulfonamides is 1. The van der Waals surface area contributed by atoms with Crippen molar-refractivity contribution in [1.29, 1.82) is 0 Å². The minimum atomic E-state index is -3.88. The van der Waals surface area contributed by atoms with Crippen LogP contribution in [0.25, 0.3) is 0 Å². The van der Waals surface area contributed by atoms with Crippen LogP contribution in [0.4, 0.5) is 11.4 Å². The number of amides is 1. The van der Waals surface area contributed by atoms with Gasteiger partial charge in [0.15, 0.2) is 6.61 Å². The molecule has 1 atom stereocenters. The number of benzene rings is 3. The second kappa shape index (κ2) is 9.07. The van der Waals surface area contributed by atoms with E-state index in [4.69, 9.17) is 4.74 Å². The first-order valence-corrected chi connectivity index (χ1v) is 11.9. The highest BCUT2D eigenvalue weighted by atomic mass is 32.2. The summed E-state index contributed by atoms with van der Waals surface area (Å²) in [5, 5.41) is 0. The predicted molar refractivity (Wildman–Crippen MR) is 126 cm³/mol. The van der Waals surface area contributed by atoms with Crippen molar-refractivity contribution in [3.8, 4) is 0 Å². The molecule has 1 heterocycles. The van der Waals surface area contributed by atoms with Gasteiger partial charge in [0.2, 0.25) is 0 Å². The van der Waals surface area contributed by atoms with E-state index in [9.17, 15) is 18.0 Å². The summed E-state index contributed by atoms with van der Waals surface area (Å²) in [4.78, 5) is 27.0. The van der Waals surface area contributed by atoms with Crippen LogP contribution in [0.15, 0.2) is 83.8 Å². The molecule has 3 aromatic rings. The topological polar surface area (TPSA) is 84.0 Å². The Morgan fingerprint density at radius 1 is 1.00 bits per heavy atom. The molecule has 0 spiro atoms. The first-order chi connectivity index (χ1) is 15.8. The van der Waals surface area contributed by atoms with Gasteiger partial charge >= 0.3 is 5.97 Å². The summed E-state index contributed by atoms with van der Waals surface area (Å²) < 4.78 is 32.4. The summed E-state index contributed by atoms with van der Waals surface area (Å²) in [6.07, 6.45) is 0.741. The van der Waals surface area contributed by atoms with E-state index >= 15 is 0 Å². The molecule has 0 saturated heterocycles. The number of rotatable bonds is 6. The Labute approximate surface area is 193 Å². The second-order valence-electron chi connectivity index (χ2n) is 7.86. The molecular formula is C25H24N2O5S. The van der Waals surface area contributed by atoms with Crippen molar-refractivity contribution >= 4 is 33.3 Å². The minimum Gasteiger partial charge on any atom is -0.452 e. The van der Waals surface area contributed by atoms with Crippen molar-refractivity contribution in [2.24, 2.45) is 0 Å². The molecule has 0 aromatic heterocycles. The van der Waals surface area contributed by atoms with Crippen LogP contribution in [0.5, 0.6) is 0 Å². The van der Waals surface area contributed by atoms with E-state index in [2.05, 4.69) is 0 Å². The van der Waals surface area contributed by atoms with Crippen LogP contribution in [0.2, 0.25) is 0 Å². The first kappa shape index (κ1) is 22.5. The number of para-hydroxylation sites is 2. The summed E-state index contributed by atoms with van der Waals surface area (Å²) in [5.74, 6) is -1.09. The third kappa shape index (κ3) is 4.47. The molecule has 0 aliphatic carbocycles. The monoisotopic (exact) mass is 464 g/mol. The van der Waals surface area contributed by atoms with Gasteiger partial charge in [-0.15, -0.1) is 0 Å².